The zero-order valence-corrected chi connectivity index (χ0v) is 19.1. The summed E-state index contributed by atoms with van der Waals surface area (Å²) in [6, 6.07) is 18.1. The second-order valence-electron chi connectivity index (χ2n) is 8.27. The molecule has 2 aromatic carbocycles. The molecule has 0 atom stereocenters. The Morgan fingerprint density at radius 2 is 1.94 bits per heavy atom. The molecular formula is C26H21FN6S. The zero-order chi connectivity index (χ0) is 22.9. The van der Waals surface area contributed by atoms with Gasteiger partial charge in [-0.3, -0.25) is 4.68 Å². The van der Waals surface area contributed by atoms with Gasteiger partial charge in [0.05, 0.1) is 28.5 Å². The van der Waals surface area contributed by atoms with E-state index in [1.165, 1.54) is 18.9 Å². The van der Waals surface area contributed by atoms with E-state index < -0.39 is 0 Å². The Morgan fingerprint density at radius 1 is 1.06 bits per heavy atom. The predicted molar refractivity (Wildman–Crippen MR) is 134 cm³/mol. The number of thiophene rings is 1. The first-order chi connectivity index (χ1) is 16.7. The maximum Gasteiger partial charge on any atom is 0.142 e. The highest BCUT2D eigenvalue weighted by Gasteiger charge is 2.11. The molecular weight excluding hydrogens is 447 g/mol. The highest BCUT2D eigenvalue weighted by atomic mass is 32.1. The monoisotopic (exact) mass is 468 g/mol. The molecule has 8 heteroatoms. The van der Waals surface area contributed by atoms with Gasteiger partial charge in [-0.15, -0.1) is 11.3 Å². The normalized spacial score (nSPS) is 13.4. The second-order valence-corrected chi connectivity index (χ2v) is 9.31. The zero-order valence-electron chi connectivity index (χ0n) is 18.3. The predicted octanol–water partition coefficient (Wildman–Crippen LogP) is 5.38. The van der Waals surface area contributed by atoms with Gasteiger partial charge in [-0.05, 0) is 49.1 Å². The summed E-state index contributed by atoms with van der Waals surface area (Å²) in [4.78, 5) is 13.0. The summed E-state index contributed by atoms with van der Waals surface area (Å²) in [6.07, 6.45) is 5.80. The standard InChI is InChI=1S/C26H21FN6S/c27-23-6-2-1-5-18(23)16-33-24-8-7-20(13-19(24)15-30-33)31-25-22-14-21(34-26(22)29-17-28-25)9-12-32-10-3-4-11-32/h1-2,5-8,13-15,17H,3-4,10-11,16H2,(H,28,29,31). The van der Waals surface area contributed by atoms with Gasteiger partial charge >= 0.3 is 0 Å². The van der Waals surface area contributed by atoms with Crippen LogP contribution < -0.4 is 5.32 Å². The van der Waals surface area contributed by atoms with Crippen LogP contribution >= 0.6 is 11.3 Å². The summed E-state index contributed by atoms with van der Waals surface area (Å²) in [5, 5.41) is 9.80. The van der Waals surface area contributed by atoms with E-state index in [0.29, 0.717) is 12.1 Å². The average Bonchev–Trinajstić information content (AvgIpc) is 3.59. The summed E-state index contributed by atoms with van der Waals surface area (Å²) in [5.41, 5.74) is 2.45. The molecule has 1 saturated heterocycles. The number of anilines is 2. The first kappa shape index (κ1) is 20.6. The average molecular weight is 469 g/mol. The number of nitrogens with one attached hydrogen (secondary N) is 1. The van der Waals surface area contributed by atoms with Crippen molar-refractivity contribution in [3.8, 4) is 12.0 Å². The first-order valence-electron chi connectivity index (χ1n) is 11.2. The summed E-state index contributed by atoms with van der Waals surface area (Å²) in [6.45, 7) is 2.47. The van der Waals surface area contributed by atoms with E-state index in [2.05, 4.69) is 43.3 Å². The maximum absolute atomic E-state index is 14.1. The molecule has 1 aliphatic rings. The Balaban J connectivity index is 1.26. The van der Waals surface area contributed by atoms with E-state index in [9.17, 15) is 4.39 Å². The van der Waals surface area contributed by atoms with Crippen LogP contribution in [0.1, 0.15) is 23.3 Å². The summed E-state index contributed by atoms with van der Waals surface area (Å²) < 4.78 is 15.9. The van der Waals surface area contributed by atoms with Crippen molar-refractivity contribution < 1.29 is 4.39 Å². The Bertz CT molecular complexity index is 1550. The number of aromatic nitrogens is 4. The molecule has 0 bridgehead atoms. The fraction of sp³-hybridized carbons (Fsp3) is 0.192. The van der Waals surface area contributed by atoms with Crippen molar-refractivity contribution in [3.05, 3.63) is 77.3 Å². The fourth-order valence-corrected chi connectivity index (χ4v) is 5.04. The lowest BCUT2D eigenvalue weighted by Crippen LogP contribution is -2.10. The third kappa shape index (κ3) is 4.06. The van der Waals surface area contributed by atoms with E-state index in [0.717, 1.165) is 50.6 Å². The smallest absolute Gasteiger partial charge is 0.142 e. The number of hydrogen-bond acceptors (Lipinski definition) is 6. The molecule has 0 amide bonds. The van der Waals surface area contributed by atoms with Crippen LogP contribution in [0.5, 0.6) is 0 Å². The summed E-state index contributed by atoms with van der Waals surface area (Å²) in [5.74, 6) is 3.80. The van der Waals surface area contributed by atoms with Crippen LogP contribution in [0.15, 0.2) is 61.1 Å². The highest BCUT2D eigenvalue weighted by Crippen LogP contribution is 2.30. The number of rotatable bonds is 4. The van der Waals surface area contributed by atoms with Crippen LogP contribution in [0, 0.1) is 17.8 Å². The lowest BCUT2D eigenvalue weighted by atomic mass is 10.2. The van der Waals surface area contributed by atoms with Crippen LogP contribution in [0.3, 0.4) is 0 Å². The van der Waals surface area contributed by atoms with Crippen LogP contribution in [0.4, 0.5) is 15.9 Å². The van der Waals surface area contributed by atoms with E-state index in [4.69, 9.17) is 0 Å². The third-order valence-corrected chi connectivity index (χ3v) is 6.91. The molecule has 1 N–H and O–H groups in total. The van der Waals surface area contributed by atoms with Gasteiger partial charge in [0.15, 0.2) is 0 Å². The molecule has 1 aliphatic heterocycles. The van der Waals surface area contributed by atoms with Gasteiger partial charge < -0.3 is 10.2 Å². The molecule has 34 heavy (non-hydrogen) atoms. The molecule has 4 heterocycles. The molecule has 0 unspecified atom stereocenters. The van der Waals surface area contributed by atoms with E-state index >= 15 is 0 Å². The van der Waals surface area contributed by atoms with Crippen LogP contribution in [-0.4, -0.2) is 37.7 Å². The van der Waals surface area contributed by atoms with Crippen LogP contribution in [-0.2, 0) is 6.54 Å². The van der Waals surface area contributed by atoms with Gasteiger partial charge in [0, 0.05) is 35.8 Å². The molecule has 0 spiro atoms. The molecule has 6 rings (SSSR count). The fourth-order valence-electron chi connectivity index (χ4n) is 4.20. The quantitative estimate of drug-likeness (QED) is 0.359. The minimum absolute atomic E-state index is 0.225. The molecule has 0 aliphatic carbocycles. The van der Waals surface area contributed by atoms with Gasteiger partial charge in [0.1, 0.15) is 22.8 Å². The minimum atomic E-state index is -0.225. The van der Waals surface area contributed by atoms with Gasteiger partial charge in [-0.1, -0.05) is 18.2 Å². The summed E-state index contributed by atoms with van der Waals surface area (Å²) in [7, 11) is 0. The maximum atomic E-state index is 14.1. The van der Waals surface area contributed by atoms with Gasteiger partial charge in [-0.25, -0.2) is 14.4 Å². The summed E-state index contributed by atoms with van der Waals surface area (Å²) >= 11 is 1.58. The van der Waals surface area contributed by atoms with E-state index in [1.807, 2.05) is 28.9 Å². The van der Waals surface area contributed by atoms with Crippen molar-refractivity contribution in [2.75, 3.05) is 18.4 Å². The number of fused-ring (bicyclic) bond motifs is 2. The van der Waals surface area contributed by atoms with Crippen molar-refractivity contribution in [1.29, 1.82) is 0 Å². The SMILES string of the molecule is Fc1ccccc1Cn1ncc2cc(Nc3ncnc4sc(C#CN5CCCC5)cc34)ccc21. The number of hydrogen-bond donors (Lipinski definition) is 1. The number of likely N-dealkylation sites (tertiary alicyclic amines) is 1. The van der Waals surface area contributed by atoms with Crippen LogP contribution in [0.25, 0.3) is 21.1 Å². The topological polar surface area (TPSA) is 58.9 Å². The lowest BCUT2D eigenvalue weighted by molar-refractivity contribution is 0.496. The van der Waals surface area contributed by atoms with Gasteiger partial charge in [0.25, 0.3) is 0 Å². The van der Waals surface area contributed by atoms with Crippen molar-refractivity contribution in [2.24, 2.45) is 0 Å². The van der Waals surface area contributed by atoms with Crippen LogP contribution in [0.2, 0.25) is 0 Å². The molecule has 0 radical (unpaired) electrons. The number of nitrogens with zero attached hydrogens (tertiary/aromatic N) is 5. The number of halogens is 1. The van der Waals surface area contributed by atoms with Crippen molar-refractivity contribution in [1.82, 2.24) is 24.6 Å². The number of benzene rings is 2. The van der Waals surface area contributed by atoms with E-state index in [-0.39, 0.29) is 5.82 Å². The second kappa shape index (κ2) is 8.76. The minimum Gasteiger partial charge on any atom is -0.340 e. The molecule has 0 saturated carbocycles. The lowest BCUT2D eigenvalue weighted by Gasteiger charge is -2.08. The molecule has 1 fully saturated rings. The Kier molecular flexibility index (Phi) is 5.32. The first-order valence-corrected chi connectivity index (χ1v) is 12.0. The Labute approximate surface area is 200 Å². The Hall–Kier alpha value is -3.96. The molecule has 168 valence electrons. The van der Waals surface area contributed by atoms with Crippen molar-refractivity contribution >= 4 is 44.0 Å². The Morgan fingerprint density at radius 3 is 2.82 bits per heavy atom. The third-order valence-electron chi connectivity index (χ3n) is 5.96. The molecule has 3 aromatic heterocycles. The largest absolute Gasteiger partial charge is 0.340 e. The molecule has 6 nitrogen and oxygen atoms in total. The van der Waals surface area contributed by atoms with E-state index in [1.54, 1.807) is 36.0 Å². The van der Waals surface area contributed by atoms with Crippen molar-refractivity contribution in [3.63, 3.8) is 0 Å². The highest BCUT2D eigenvalue weighted by molar-refractivity contribution is 7.19. The van der Waals surface area contributed by atoms with Crippen molar-refractivity contribution in [2.45, 2.75) is 19.4 Å². The van der Waals surface area contributed by atoms with Gasteiger partial charge in [-0.2, -0.15) is 5.10 Å². The van der Waals surface area contributed by atoms with Gasteiger partial charge in [0.2, 0.25) is 0 Å². The molecule has 5 aromatic rings.